The molecule has 1 atom stereocenters. The van der Waals surface area contributed by atoms with E-state index in [1.165, 1.54) is 4.31 Å². The van der Waals surface area contributed by atoms with E-state index in [0.717, 1.165) is 24.1 Å². The van der Waals surface area contributed by atoms with Crippen molar-refractivity contribution in [3.05, 3.63) is 23.8 Å². The first-order valence-electron chi connectivity index (χ1n) is 8.52. The minimum absolute atomic E-state index is 0.0921. The topological polar surface area (TPSA) is 66.9 Å². The van der Waals surface area contributed by atoms with Crippen molar-refractivity contribution in [2.24, 2.45) is 5.92 Å². The van der Waals surface area contributed by atoms with Crippen molar-refractivity contribution in [1.82, 2.24) is 4.31 Å². The lowest BCUT2D eigenvalue weighted by Crippen LogP contribution is -2.40. The third-order valence-corrected chi connectivity index (χ3v) is 6.93. The Bertz CT molecular complexity index is 767. The van der Waals surface area contributed by atoms with Crippen LogP contribution in [0.3, 0.4) is 0 Å². The van der Waals surface area contributed by atoms with Crippen LogP contribution in [0, 0.1) is 5.92 Å². The second-order valence-corrected chi connectivity index (χ2v) is 8.78. The molecule has 1 aromatic carbocycles. The molecule has 2 aliphatic heterocycles. The van der Waals surface area contributed by atoms with E-state index >= 15 is 0 Å². The Kier molecular flexibility index (Phi) is 3.89. The highest BCUT2D eigenvalue weighted by atomic mass is 32.2. The van der Waals surface area contributed by atoms with Gasteiger partial charge in [0.15, 0.2) is 0 Å². The van der Waals surface area contributed by atoms with Gasteiger partial charge >= 0.3 is 0 Å². The number of carbonyl (C=O) groups excluding carboxylic acids is 1. The molecule has 2 heterocycles. The van der Waals surface area contributed by atoms with E-state index in [-0.39, 0.29) is 17.9 Å². The predicted octanol–water partition coefficient (Wildman–Crippen LogP) is 1.40. The number of nitrogens with zero attached hydrogens (tertiary/aromatic N) is 2. The lowest BCUT2D eigenvalue weighted by molar-refractivity contribution is -0.120. The van der Waals surface area contributed by atoms with Crippen LogP contribution in [0.4, 0.5) is 5.69 Å². The van der Waals surface area contributed by atoms with Crippen molar-refractivity contribution in [3.63, 3.8) is 0 Å². The third kappa shape index (κ3) is 2.64. The Morgan fingerprint density at radius 2 is 1.92 bits per heavy atom. The van der Waals surface area contributed by atoms with E-state index in [0.29, 0.717) is 37.6 Å². The molecule has 2 fully saturated rings. The number of morpholine rings is 1. The monoisotopic (exact) mass is 350 g/mol. The predicted molar refractivity (Wildman–Crippen MR) is 89.4 cm³/mol. The minimum atomic E-state index is -3.49. The largest absolute Gasteiger partial charge is 0.379 e. The molecular weight excluding hydrogens is 328 g/mol. The lowest BCUT2D eigenvalue weighted by Gasteiger charge is -2.26. The highest BCUT2D eigenvalue weighted by molar-refractivity contribution is 7.89. The van der Waals surface area contributed by atoms with Crippen LogP contribution in [0.2, 0.25) is 0 Å². The zero-order valence-electron chi connectivity index (χ0n) is 13.8. The summed E-state index contributed by atoms with van der Waals surface area (Å²) in [5.41, 5.74) is 1.83. The second kappa shape index (κ2) is 5.82. The maximum absolute atomic E-state index is 12.8. The van der Waals surface area contributed by atoms with Crippen molar-refractivity contribution < 1.29 is 17.9 Å². The van der Waals surface area contributed by atoms with Crippen LogP contribution in [0.5, 0.6) is 0 Å². The van der Waals surface area contributed by atoms with Crippen LogP contribution < -0.4 is 4.90 Å². The number of carbonyl (C=O) groups is 1. The average Bonchev–Trinajstić information content (AvgIpc) is 3.37. The summed E-state index contributed by atoms with van der Waals surface area (Å²) >= 11 is 0. The third-order valence-electron chi connectivity index (χ3n) is 5.04. The Labute approximate surface area is 142 Å². The number of hydrogen-bond acceptors (Lipinski definition) is 4. The minimum Gasteiger partial charge on any atom is -0.379 e. The number of anilines is 1. The maximum Gasteiger partial charge on any atom is 0.243 e. The Morgan fingerprint density at radius 3 is 2.58 bits per heavy atom. The molecule has 1 amide bonds. The van der Waals surface area contributed by atoms with Gasteiger partial charge in [0.1, 0.15) is 0 Å². The summed E-state index contributed by atoms with van der Waals surface area (Å²) in [4.78, 5) is 14.7. The van der Waals surface area contributed by atoms with Gasteiger partial charge in [-0.15, -0.1) is 0 Å². The van der Waals surface area contributed by atoms with Gasteiger partial charge in [-0.2, -0.15) is 4.31 Å². The Morgan fingerprint density at radius 1 is 1.21 bits per heavy atom. The van der Waals surface area contributed by atoms with Crippen LogP contribution in [0.25, 0.3) is 0 Å². The molecule has 3 aliphatic rings. The quantitative estimate of drug-likeness (QED) is 0.826. The van der Waals surface area contributed by atoms with Crippen LogP contribution in [-0.2, 0) is 26.0 Å². The van der Waals surface area contributed by atoms with Crippen molar-refractivity contribution >= 4 is 21.6 Å². The van der Waals surface area contributed by atoms with Crippen molar-refractivity contribution in [2.45, 2.75) is 37.1 Å². The summed E-state index contributed by atoms with van der Waals surface area (Å²) in [7, 11) is -3.49. The van der Waals surface area contributed by atoms with E-state index in [2.05, 4.69) is 0 Å². The molecule has 1 unspecified atom stereocenters. The molecule has 1 saturated carbocycles. The van der Waals surface area contributed by atoms with Crippen LogP contribution in [0.15, 0.2) is 23.1 Å². The summed E-state index contributed by atoms with van der Waals surface area (Å²) in [6.45, 7) is 3.68. The summed E-state index contributed by atoms with van der Waals surface area (Å²) in [5.74, 6) is 0.347. The Hall–Kier alpha value is -1.44. The van der Waals surface area contributed by atoms with Crippen molar-refractivity contribution in [2.75, 3.05) is 31.2 Å². The first-order chi connectivity index (χ1) is 11.5. The van der Waals surface area contributed by atoms with Crippen molar-refractivity contribution in [1.29, 1.82) is 0 Å². The number of benzene rings is 1. The molecule has 24 heavy (non-hydrogen) atoms. The number of fused-ring (bicyclic) bond motifs is 1. The fraction of sp³-hybridized carbons (Fsp3) is 0.588. The van der Waals surface area contributed by atoms with Gasteiger partial charge in [0.05, 0.1) is 18.1 Å². The van der Waals surface area contributed by atoms with Crippen LogP contribution in [-0.4, -0.2) is 51.0 Å². The van der Waals surface area contributed by atoms with Gasteiger partial charge in [-0.25, -0.2) is 8.42 Å². The van der Waals surface area contributed by atoms with E-state index in [1.54, 1.807) is 18.2 Å². The molecule has 0 radical (unpaired) electrons. The van der Waals surface area contributed by atoms with Gasteiger partial charge in [-0.05, 0) is 49.9 Å². The number of sulfonamides is 1. The maximum atomic E-state index is 12.8. The molecule has 1 saturated heterocycles. The highest BCUT2D eigenvalue weighted by Crippen LogP contribution is 2.39. The number of ether oxygens (including phenoxy) is 1. The molecule has 1 aliphatic carbocycles. The fourth-order valence-electron chi connectivity index (χ4n) is 3.57. The fourth-order valence-corrected chi connectivity index (χ4v) is 5.03. The van der Waals surface area contributed by atoms with E-state index in [1.807, 2.05) is 11.8 Å². The number of amides is 1. The highest BCUT2D eigenvalue weighted by Gasteiger charge is 2.40. The smallest absolute Gasteiger partial charge is 0.243 e. The van der Waals surface area contributed by atoms with Crippen LogP contribution >= 0.6 is 0 Å². The zero-order chi connectivity index (χ0) is 16.9. The van der Waals surface area contributed by atoms with Gasteiger partial charge in [0.25, 0.3) is 0 Å². The Balaban J connectivity index is 1.64. The second-order valence-electron chi connectivity index (χ2n) is 6.84. The zero-order valence-corrected chi connectivity index (χ0v) is 14.6. The summed E-state index contributed by atoms with van der Waals surface area (Å²) < 4.78 is 32.3. The van der Waals surface area contributed by atoms with Gasteiger partial charge < -0.3 is 9.64 Å². The lowest BCUT2D eigenvalue weighted by atomic mass is 10.1. The molecule has 4 rings (SSSR count). The first-order valence-corrected chi connectivity index (χ1v) is 9.96. The van der Waals surface area contributed by atoms with E-state index < -0.39 is 10.0 Å². The first kappa shape index (κ1) is 16.1. The summed E-state index contributed by atoms with van der Waals surface area (Å²) in [6.07, 6.45) is 2.65. The molecule has 0 spiro atoms. The van der Waals surface area contributed by atoms with E-state index in [4.69, 9.17) is 4.74 Å². The molecular formula is C17H22N2O4S. The molecule has 130 valence electrons. The summed E-state index contributed by atoms with van der Waals surface area (Å²) in [5, 5.41) is 0. The van der Waals surface area contributed by atoms with Crippen LogP contribution in [0.1, 0.15) is 25.3 Å². The van der Waals surface area contributed by atoms with E-state index in [9.17, 15) is 13.2 Å². The number of rotatable bonds is 3. The molecule has 0 bridgehead atoms. The average molecular weight is 350 g/mol. The molecule has 1 aromatic rings. The molecule has 0 aromatic heterocycles. The van der Waals surface area contributed by atoms with Crippen molar-refractivity contribution in [3.8, 4) is 0 Å². The summed E-state index contributed by atoms with van der Waals surface area (Å²) in [6, 6.07) is 5.27. The normalized spacial score (nSPS) is 24.9. The molecule has 0 N–H and O–H groups in total. The van der Waals surface area contributed by atoms with Gasteiger partial charge in [-0.1, -0.05) is 0 Å². The number of hydrogen-bond donors (Lipinski definition) is 0. The van der Waals surface area contributed by atoms with Gasteiger partial charge in [0.2, 0.25) is 15.9 Å². The molecule has 7 heteroatoms. The standard InChI is InChI=1S/C17H22N2O4S/c1-12-10-14-11-15(24(21,22)18-6-8-23-9-7-18)4-5-16(14)19(12)17(20)13-2-3-13/h4-5,11-13H,2-3,6-10H2,1H3. The van der Waals surface area contributed by atoms with Gasteiger partial charge in [0, 0.05) is 30.7 Å². The SMILES string of the molecule is CC1Cc2cc(S(=O)(=O)N3CCOCC3)ccc2N1C(=O)C1CC1. The molecule has 6 nitrogen and oxygen atoms in total. The van der Waals surface area contributed by atoms with Gasteiger partial charge in [-0.3, -0.25) is 4.79 Å².